The topological polar surface area (TPSA) is 79.4 Å². The van der Waals surface area contributed by atoms with Crippen molar-refractivity contribution in [1.29, 1.82) is 0 Å². The number of carbonyl (C=O) groups is 1. The number of amides is 1. The van der Waals surface area contributed by atoms with Crippen LogP contribution in [0.15, 0.2) is 77.8 Å². The van der Waals surface area contributed by atoms with E-state index in [0.29, 0.717) is 12.2 Å². The summed E-state index contributed by atoms with van der Waals surface area (Å²) >= 11 is 0. The Morgan fingerprint density at radius 3 is 2.39 bits per heavy atom. The molecule has 6 nitrogen and oxygen atoms in total. The summed E-state index contributed by atoms with van der Waals surface area (Å²) in [7, 11) is -2.27. The van der Waals surface area contributed by atoms with Gasteiger partial charge in [-0.25, -0.2) is 8.42 Å². The maximum absolute atomic E-state index is 12.8. The lowest BCUT2D eigenvalue weighted by Crippen LogP contribution is -2.28. The minimum atomic E-state index is -3.72. The summed E-state index contributed by atoms with van der Waals surface area (Å²) in [6.07, 6.45) is 1.42. The molecule has 0 saturated carbocycles. The smallest absolute Gasteiger partial charge is 0.270 e. The number of hydrogen-bond donors (Lipinski definition) is 1. The molecule has 1 N–H and O–H groups in total. The molecule has 3 aromatic rings. The summed E-state index contributed by atoms with van der Waals surface area (Å²) in [5.41, 5.74) is 2.63. The van der Waals surface area contributed by atoms with Crippen molar-refractivity contribution in [2.75, 3.05) is 11.4 Å². The highest BCUT2D eigenvalue weighted by atomic mass is 32.2. The molecule has 0 aliphatic rings. The van der Waals surface area contributed by atoms with Crippen LogP contribution in [0.5, 0.6) is 0 Å². The van der Waals surface area contributed by atoms with Crippen LogP contribution in [0.1, 0.15) is 21.6 Å². The molecule has 0 saturated heterocycles. The highest BCUT2D eigenvalue weighted by Crippen LogP contribution is 2.22. The average molecular weight is 395 g/mol. The van der Waals surface area contributed by atoms with Gasteiger partial charge in [-0.2, -0.15) is 0 Å². The summed E-state index contributed by atoms with van der Waals surface area (Å²) in [5, 5.41) is 2.80. The molecule has 0 aliphatic carbocycles. The fourth-order valence-electron chi connectivity index (χ4n) is 2.61. The van der Waals surface area contributed by atoms with E-state index in [-0.39, 0.29) is 16.5 Å². The predicted octanol–water partition coefficient (Wildman–Crippen LogP) is 3.15. The molecular weight excluding hydrogens is 374 g/mol. The molecule has 0 fully saturated rings. The zero-order valence-electron chi connectivity index (χ0n) is 15.7. The van der Waals surface area contributed by atoms with Gasteiger partial charge in [0.1, 0.15) is 5.69 Å². The van der Waals surface area contributed by atoms with Crippen molar-refractivity contribution in [3.8, 4) is 0 Å². The van der Waals surface area contributed by atoms with Crippen LogP contribution in [0.4, 0.5) is 5.69 Å². The van der Waals surface area contributed by atoms with Crippen LogP contribution in [0.3, 0.4) is 0 Å². The first-order valence-electron chi connectivity index (χ1n) is 8.72. The Morgan fingerprint density at radius 1 is 1.04 bits per heavy atom. The second-order valence-electron chi connectivity index (χ2n) is 6.35. The molecular formula is C21H21N3O3S. The first kappa shape index (κ1) is 19.6. The second-order valence-corrected chi connectivity index (χ2v) is 8.32. The Bertz CT molecular complexity index is 1070. The molecule has 0 aliphatic heterocycles. The van der Waals surface area contributed by atoms with E-state index >= 15 is 0 Å². The van der Waals surface area contributed by atoms with Gasteiger partial charge < -0.3 is 5.32 Å². The van der Waals surface area contributed by atoms with E-state index in [0.717, 1.165) is 15.4 Å². The van der Waals surface area contributed by atoms with Gasteiger partial charge in [-0.3, -0.25) is 14.1 Å². The predicted molar refractivity (Wildman–Crippen MR) is 109 cm³/mol. The van der Waals surface area contributed by atoms with Gasteiger partial charge in [0.15, 0.2) is 0 Å². The molecule has 2 aromatic carbocycles. The molecule has 0 unspecified atom stereocenters. The number of sulfonamides is 1. The SMILES string of the molecule is Cc1ccc(CNC(=O)c2cc(N(C)S(=O)(=O)c3ccccc3)ccn2)cc1. The van der Waals surface area contributed by atoms with E-state index in [1.54, 1.807) is 24.3 Å². The Hall–Kier alpha value is -3.19. The molecule has 7 heteroatoms. The lowest BCUT2D eigenvalue weighted by Gasteiger charge is -2.19. The van der Waals surface area contributed by atoms with Gasteiger partial charge in [0, 0.05) is 19.8 Å². The summed E-state index contributed by atoms with van der Waals surface area (Å²) in [6.45, 7) is 2.36. The van der Waals surface area contributed by atoms with Crippen molar-refractivity contribution >= 4 is 21.6 Å². The van der Waals surface area contributed by atoms with Crippen molar-refractivity contribution in [1.82, 2.24) is 10.3 Å². The minimum absolute atomic E-state index is 0.153. The lowest BCUT2D eigenvalue weighted by atomic mass is 10.1. The third kappa shape index (κ3) is 4.37. The van der Waals surface area contributed by atoms with E-state index in [4.69, 9.17) is 0 Å². The van der Waals surface area contributed by atoms with E-state index < -0.39 is 10.0 Å². The van der Waals surface area contributed by atoms with Gasteiger partial charge in [-0.1, -0.05) is 48.0 Å². The highest BCUT2D eigenvalue weighted by molar-refractivity contribution is 7.92. The number of nitrogens with zero attached hydrogens (tertiary/aromatic N) is 2. The third-order valence-corrected chi connectivity index (χ3v) is 6.11. The molecule has 1 heterocycles. The summed E-state index contributed by atoms with van der Waals surface area (Å²) in [5.74, 6) is -0.368. The van der Waals surface area contributed by atoms with Crippen LogP contribution in [-0.4, -0.2) is 26.4 Å². The first-order valence-corrected chi connectivity index (χ1v) is 10.2. The Kier molecular flexibility index (Phi) is 5.75. The van der Waals surface area contributed by atoms with Crippen LogP contribution < -0.4 is 9.62 Å². The standard InChI is InChI=1S/C21H21N3O3S/c1-16-8-10-17(11-9-16)15-23-21(25)20-14-18(12-13-22-20)24(2)28(26,27)19-6-4-3-5-7-19/h3-14H,15H2,1-2H3,(H,23,25). The monoisotopic (exact) mass is 395 g/mol. The quantitative estimate of drug-likeness (QED) is 0.695. The van der Waals surface area contributed by atoms with Crippen molar-refractivity contribution in [3.05, 3.63) is 89.7 Å². The van der Waals surface area contributed by atoms with Gasteiger partial charge in [0.05, 0.1) is 10.6 Å². The van der Waals surface area contributed by atoms with Crippen molar-refractivity contribution in [3.63, 3.8) is 0 Å². The number of benzene rings is 2. The van der Waals surface area contributed by atoms with E-state index in [1.165, 1.54) is 31.4 Å². The molecule has 1 amide bonds. The summed E-state index contributed by atoms with van der Waals surface area (Å²) in [6, 6.07) is 19.0. The molecule has 28 heavy (non-hydrogen) atoms. The van der Waals surface area contributed by atoms with Crippen LogP contribution in [0.2, 0.25) is 0 Å². The lowest BCUT2D eigenvalue weighted by molar-refractivity contribution is 0.0946. The molecule has 0 bridgehead atoms. The van der Waals surface area contributed by atoms with Gasteiger partial charge in [-0.05, 0) is 36.8 Å². The molecule has 0 atom stereocenters. The molecule has 144 valence electrons. The van der Waals surface area contributed by atoms with E-state index in [9.17, 15) is 13.2 Å². The van der Waals surface area contributed by atoms with Crippen LogP contribution >= 0.6 is 0 Å². The van der Waals surface area contributed by atoms with Crippen molar-refractivity contribution in [2.45, 2.75) is 18.4 Å². The highest BCUT2D eigenvalue weighted by Gasteiger charge is 2.22. The first-order chi connectivity index (χ1) is 13.4. The van der Waals surface area contributed by atoms with E-state index in [1.807, 2.05) is 31.2 Å². The number of hydrogen-bond acceptors (Lipinski definition) is 4. The Balaban J connectivity index is 1.76. The van der Waals surface area contributed by atoms with Crippen LogP contribution in [-0.2, 0) is 16.6 Å². The molecule has 3 rings (SSSR count). The second kappa shape index (κ2) is 8.22. The number of carbonyl (C=O) groups excluding carboxylic acids is 1. The number of anilines is 1. The number of rotatable bonds is 6. The van der Waals surface area contributed by atoms with Crippen molar-refractivity contribution in [2.24, 2.45) is 0 Å². The van der Waals surface area contributed by atoms with Gasteiger partial charge in [0.25, 0.3) is 15.9 Å². The summed E-state index contributed by atoms with van der Waals surface area (Å²) < 4.78 is 26.7. The normalized spacial score (nSPS) is 11.1. The summed E-state index contributed by atoms with van der Waals surface area (Å²) in [4.78, 5) is 16.7. The molecule has 0 spiro atoms. The number of aryl methyl sites for hydroxylation is 1. The fraction of sp³-hybridized carbons (Fsp3) is 0.143. The van der Waals surface area contributed by atoms with Crippen LogP contribution in [0, 0.1) is 6.92 Å². The largest absolute Gasteiger partial charge is 0.347 e. The Morgan fingerprint density at radius 2 is 1.71 bits per heavy atom. The molecule has 0 radical (unpaired) electrons. The van der Waals surface area contributed by atoms with Crippen molar-refractivity contribution < 1.29 is 13.2 Å². The zero-order chi connectivity index (χ0) is 20.1. The number of nitrogens with one attached hydrogen (secondary N) is 1. The number of pyridine rings is 1. The fourth-order valence-corrected chi connectivity index (χ4v) is 3.82. The molecule has 1 aromatic heterocycles. The van der Waals surface area contributed by atoms with Gasteiger partial charge >= 0.3 is 0 Å². The Labute approximate surface area is 164 Å². The minimum Gasteiger partial charge on any atom is -0.347 e. The van der Waals surface area contributed by atoms with Gasteiger partial charge in [-0.15, -0.1) is 0 Å². The van der Waals surface area contributed by atoms with Crippen LogP contribution in [0.25, 0.3) is 0 Å². The van der Waals surface area contributed by atoms with E-state index in [2.05, 4.69) is 10.3 Å². The zero-order valence-corrected chi connectivity index (χ0v) is 16.5. The average Bonchev–Trinajstić information content (AvgIpc) is 2.73. The van der Waals surface area contributed by atoms with Gasteiger partial charge in [0.2, 0.25) is 0 Å². The maximum Gasteiger partial charge on any atom is 0.270 e. The maximum atomic E-state index is 12.8. The third-order valence-electron chi connectivity index (χ3n) is 4.32. The number of aromatic nitrogens is 1.